The lowest BCUT2D eigenvalue weighted by Gasteiger charge is -2.43. The Hall–Kier alpha value is -1.86. The van der Waals surface area contributed by atoms with Crippen LogP contribution in [0.25, 0.3) is 0 Å². The van der Waals surface area contributed by atoms with E-state index in [1.807, 2.05) is 0 Å². The quantitative estimate of drug-likeness (QED) is 0.650. The molecule has 0 spiro atoms. The van der Waals surface area contributed by atoms with Gasteiger partial charge in [0.25, 0.3) is 8.32 Å². The summed E-state index contributed by atoms with van der Waals surface area (Å²) in [6.45, 7) is 7.63. The number of nitrogens with one attached hydrogen (secondary N) is 1. The summed E-state index contributed by atoms with van der Waals surface area (Å²) in [5.74, 6) is 2.83. The summed E-state index contributed by atoms with van der Waals surface area (Å²) in [6, 6.07) is 22.1. The first-order valence-corrected chi connectivity index (χ1v) is 11.4. The topological polar surface area (TPSA) is 21.3 Å². The van der Waals surface area contributed by atoms with Gasteiger partial charge in [-0.3, -0.25) is 5.32 Å². The molecular formula is C23H29NOSi. The summed E-state index contributed by atoms with van der Waals surface area (Å²) in [6.07, 6.45) is 7.69. The molecule has 26 heavy (non-hydrogen) atoms. The van der Waals surface area contributed by atoms with Crippen molar-refractivity contribution < 1.29 is 4.43 Å². The minimum atomic E-state index is -2.44. The average molecular weight is 364 g/mol. The van der Waals surface area contributed by atoms with Crippen LogP contribution in [0.1, 0.15) is 33.6 Å². The molecule has 3 heteroatoms. The Morgan fingerprint density at radius 3 is 1.96 bits per heavy atom. The molecule has 0 amide bonds. The predicted molar refractivity (Wildman–Crippen MR) is 112 cm³/mol. The Labute approximate surface area is 159 Å². The van der Waals surface area contributed by atoms with E-state index >= 15 is 0 Å². The minimum absolute atomic E-state index is 0.0137. The first kappa shape index (κ1) is 18.9. The molecule has 1 saturated heterocycles. The lowest BCUT2D eigenvalue weighted by molar-refractivity contribution is 0.260. The van der Waals surface area contributed by atoms with Gasteiger partial charge in [-0.05, 0) is 28.3 Å². The molecule has 0 saturated carbocycles. The summed E-state index contributed by atoms with van der Waals surface area (Å²) < 4.78 is 6.95. The predicted octanol–water partition coefficient (Wildman–Crippen LogP) is 3.32. The van der Waals surface area contributed by atoms with E-state index in [2.05, 4.69) is 92.7 Å². The molecule has 1 aliphatic rings. The van der Waals surface area contributed by atoms with Crippen molar-refractivity contribution in [2.75, 3.05) is 6.61 Å². The van der Waals surface area contributed by atoms with Crippen LogP contribution < -0.4 is 15.7 Å². The Bertz CT molecular complexity index is 706. The second kappa shape index (κ2) is 7.80. The Kier molecular flexibility index (Phi) is 5.67. The highest BCUT2D eigenvalue weighted by atomic mass is 28.4. The summed E-state index contributed by atoms with van der Waals surface area (Å²) in [5.41, 5.74) is 0. The molecule has 1 N–H and O–H groups in total. The van der Waals surface area contributed by atoms with E-state index in [1.54, 1.807) is 0 Å². The third-order valence-electron chi connectivity index (χ3n) is 5.36. The van der Waals surface area contributed by atoms with Gasteiger partial charge in [-0.1, -0.05) is 87.4 Å². The summed E-state index contributed by atoms with van der Waals surface area (Å²) in [4.78, 5) is 0. The highest BCUT2D eigenvalue weighted by molar-refractivity contribution is 6.99. The van der Waals surface area contributed by atoms with Crippen LogP contribution in [0.15, 0.2) is 60.7 Å². The number of rotatable bonds is 5. The molecular weight excluding hydrogens is 334 g/mol. The molecule has 2 nitrogen and oxygen atoms in total. The van der Waals surface area contributed by atoms with Gasteiger partial charge in [0, 0.05) is 6.04 Å². The molecule has 3 rings (SSSR count). The minimum Gasteiger partial charge on any atom is -0.406 e. The molecule has 0 bridgehead atoms. The van der Waals surface area contributed by atoms with Gasteiger partial charge >= 0.3 is 0 Å². The SMILES string of the molecule is C#C[C@H]1CC[C@H](CO[Si](c2ccccc2)(c2ccccc2)C(C)(C)C)N1. The van der Waals surface area contributed by atoms with Crippen molar-refractivity contribution in [3.63, 3.8) is 0 Å². The Balaban J connectivity index is 1.99. The Morgan fingerprint density at radius 2 is 1.54 bits per heavy atom. The molecule has 2 atom stereocenters. The lowest BCUT2D eigenvalue weighted by atomic mass is 10.2. The molecule has 1 fully saturated rings. The second-order valence-electron chi connectivity index (χ2n) is 8.13. The van der Waals surface area contributed by atoms with E-state index in [0.29, 0.717) is 12.6 Å². The van der Waals surface area contributed by atoms with Crippen molar-refractivity contribution in [1.82, 2.24) is 5.32 Å². The molecule has 0 radical (unpaired) electrons. The summed E-state index contributed by atoms with van der Waals surface area (Å²) in [5, 5.41) is 6.19. The van der Waals surface area contributed by atoms with Gasteiger partial charge in [-0.25, -0.2) is 0 Å². The monoisotopic (exact) mass is 363 g/mol. The van der Waals surface area contributed by atoms with Crippen LogP contribution in [0.4, 0.5) is 0 Å². The van der Waals surface area contributed by atoms with E-state index < -0.39 is 8.32 Å². The summed E-state index contributed by atoms with van der Waals surface area (Å²) in [7, 11) is -2.44. The van der Waals surface area contributed by atoms with Gasteiger partial charge in [-0.2, -0.15) is 0 Å². The van der Waals surface area contributed by atoms with Crippen molar-refractivity contribution in [3.8, 4) is 12.3 Å². The highest BCUT2D eigenvalue weighted by Gasteiger charge is 2.50. The molecule has 0 aromatic heterocycles. The van der Waals surface area contributed by atoms with Gasteiger partial charge in [0.05, 0.1) is 12.6 Å². The molecule has 2 aromatic rings. The molecule has 1 heterocycles. The van der Waals surface area contributed by atoms with E-state index in [-0.39, 0.29) is 11.1 Å². The zero-order valence-electron chi connectivity index (χ0n) is 16.0. The molecule has 0 aliphatic carbocycles. The van der Waals surface area contributed by atoms with Gasteiger partial charge in [0.1, 0.15) is 0 Å². The fraction of sp³-hybridized carbons (Fsp3) is 0.391. The maximum atomic E-state index is 6.95. The third kappa shape index (κ3) is 3.64. The van der Waals surface area contributed by atoms with Crippen molar-refractivity contribution in [2.24, 2.45) is 0 Å². The first-order valence-electron chi connectivity index (χ1n) is 9.44. The van der Waals surface area contributed by atoms with Gasteiger partial charge < -0.3 is 4.43 Å². The summed E-state index contributed by atoms with van der Waals surface area (Å²) >= 11 is 0. The molecule has 1 aliphatic heterocycles. The number of hydrogen-bond donors (Lipinski definition) is 1. The molecule has 136 valence electrons. The maximum Gasteiger partial charge on any atom is 0.261 e. The van der Waals surface area contributed by atoms with Crippen molar-refractivity contribution >= 4 is 18.7 Å². The van der Waals surface area contributed by atoms with Crippen LogP contribution in [0.2, 0.25) is 5.04 Å². The fourth-order valence-electron chi connectivity index (χ4n) is 4.07. The van der Waals surface area contributed by atoms with Crippen LogP contribution in [0.3, 0.4) is 0 Å². The van der Waals surface area contributed by atoms with E-state index in [9.17, 15) is 0 Å². The van der Waals surface area contributed by atoms with Gasteiger partial charge in [-0.15, -0.1) is 6.42 Å². The van der Waals surface area contributed by atoms with E-state index in [1.165, 1.54) is 10.4 Å². The number of terminal acetylenes is 1. The Morgan fingerprint density at radius 1 is 1.00 bits per heavy atom. The van der Waals surface area contributed by atoms with Crippen molar-refractivity contribution in [2.45, 2.75) is 50.7 Å². The normalized spacial score (nSPS) is 20.7. The van der Waals surface area contributed by atoms with Gasteiger partial charge in [0.15, 0.2) is 0 Å². The molecule has 0 unspecified atom stereocenters. The maximum absolute atomic E-state index is 6.95. The fourth-order valence-corrected chi connectivity index (χ4v) is 8.68. The average Bonchev–Trinajstić information content (AvgIpc) is 3.11. The first-order chi connectivity index (χ1) is 12.5. The largest absolute Gasteiger partial charge is 0.406 e. The van der Waals surface area contributed by atoms with E-state index in [0.717, 1.165) is 12.8 Å². The van der Waals surface area contributed by atoms with Crippen LogP contribution in [0, 0.1) is 12.3 Å². The van der Waals surface area contributed by atoms with Crippen LogP contribution in [-0.4, -0.2) is 27.0 Å². The highest BCUT2D eigenvalue weighted by Crippen LogP contribution is 2.37. The van der Waals surface area contributed by atoms with E-state index in [4.69, 9.17) is 10.8 Å². The van der Waals surface area contributed by atoms with Crippen molar-refractivity contribution in [1.29, 1.82) is 0 Å². The zero-order chi connectivity index (χ0) is 18.6. The third-order valence-corrected chi connectivity index (χ3v) is 10.4. The van der Waals surface area contributed by atoms with Crippen LogP contribution in [-0.2, 0) is 4.43 Å². The number of benzene rings is 2. The molecule has 2 aromatic carbocycles. The van der Waals surface area contributed by atoms with Crippen LogP contribution >= 0.6 is 0 Å². The van der Waals surface area contributed by atoms with Crippen LogP contribution in [0.5, 0.6) is 0 Å². The number of hydrogen-bond acceptors (Lipinski definition) is 2. The second-order valence-corrected chi connectivity index (χ2v) is 12.4. The standard InChI is InChI=1S/C23H29NOSi/c1-5-19-16-17-20(24-19)18-25-26(23(2,3)4,21-12-8-6-9-13-21)22-14-10-7-11-15-22/h1,6-15,19-20,24H,16-18H2,2-4H3/t19-,20+/m0/s1. The van der Waals surface area contributed by atoms with Crippen molar-refractivity contribution in [3.05, 3.63) is 60.7 Å². The smallest absolute Gasteiger partial charge is 0.261 e. The van der Waals surface area contributed by atoms with Gasteiger partial charge in [0.2, 0.25) is 0 Å². The zero-order valence-corrected chi connectivity index (χ0v) is 17.0. The lowest BCUT2D eigenvalue weighted by Crippen LogP contribution is -2.67.